The van der Waals surface area contributed by atoms with Crippen LogP contribution in [0.5, 0.6) is 0 Å². The monoisotopic (exact) mass is 197 g/mol. The first-order valence-corrected chi connectivity index (χ1v) is 4.49. The van der Waals surface area contributed by atoms with Crippen molar-refractivity contribution >= 4 is 11.9 Å². The average molecular weight is 197 g/mol. The van der Waals surface area contributed by atoms with Gasteiger partial charge in [-0.15, -0.1) is 0 Å². The zero-order valence-electron chi connectivity index (χ0n) is 7.51. The van der Waals surface area contributed by atoms with Crippen molar-refractivity contribution in [2.45, 2.75) is 24.9 Å². The molecule has 2 N–H and O–H groups in total. The molecule has 0 spiro atoms. The third-order valence-corrected chi connectivity index (χ3v) is 2.78. The average Bonchev–Trinajstić information content (AvgIpc) is 2.39. The molecule has 0 aromatic rings. The van der Waals surface area contributed by atoms with Crippen molar-refractivity contribution < 1.29 is 19.8 Å². The van der Waals surface area contributed by atoms with E-state index in [1.807, 2.05) is 0 Å². The number of rotatable bonds is 2. The molecule has 0 unspecified atom stereocenters. The van der Waals surface area contributed by atoms with Crippen molar-refractivity contribution in [2.24, 2.45) is 0 Å². The van der Waals surface area contributed by atoms with Gasteiger partial charge in [-0.3, -0.25) is 4.79 Å². The Morgan fingerprint density at radius 1 is 1.57 bits per heavy atom. The lowest BCUT2D eigenvalue weighted by Crippen LogP contribution is -2.54. The van der Waals surface area contributed by atoms with Gasteiger partial charge >= 0.3 is 5.97 Å². The second-order valence-electron chi connectivity index (χ2n) is 3.57. The molecule has 2 heterocycles. The number of carbonyl (C=O) groups is 2. The molecule has 2 atom stereocenters. The predicted molar refractivity (Wildman–Crippen MR) is 46.5 cm³/mol. The van der Waals surface area contributed by atoms with E-state index in [2.05, 4.69) is 0 Å². The number of aliphatic carboxylic acids is 1. The SMILES string of the molecule is O=C(O)[C@H]1/C(=C/CO)C[C@@H]2CC(=O)N21. The number of aliphatic hydroxyl groups is 1. The van der Waals surface area contributed by atoms with Crippen LogP contribution in [0.15, 0.2) is 11.6 Å². The van der Waals surface area contributed by atoms with E-state index >= 15 is 0 Å². The van der Waals surface area contributed by atoms with Crippen molar-refractivity contribution in [3.8, 4) is 0 Å². The molecule has 0 bridgehead atoms. The fraction of sp³-hybridized carbons (Fsp3) is 0.556. The molecule has 0 aromatic heterocycles. The Labute approximate surface area is 80.6 Å². The molecule has 0 aliphatic carbocycles. The van der Waals surface area contributed by atoms with Gasteiger partial charge in [-0.2, -0.15) is 0 Å². The molecular formula is C9H11NO4. The molecule has 76 valence electrons. The normalized spacial score (nSPS) is 33.1. The lowest BCUT2D eigenvalue weighted by Gasteiger charge is -2.36. The number of hydrogen-bond donors (Lipinski definition) is 2. The number of hydrogen-bond acceptors (Lipinski definition) is 3. The van der Waals surface area contributed by atoms with Crippen LogP contribution in [0.2, 0.25) is 0 Å². The van der Waals surface area contributed by atoms with E-state index in [1.165, 1.54) is 11.0 Å². The molecule has 5 heteroatoms. The summed E-state index contributed by atoms with van der Waals surface area (Å²) < 4.78 is 0. The van der Waals surface area contributed by atoms with Crippen molar-refractivity contribution in [1.29, 1.82) is 0 Å². The molecule has 2 fully saturated rings. The van der Waals surface area contributed by atoms with Gasteiger partial charge < -0.3 is 15.1 Å². The Morgan fingerprint density at radius 3 is 2.79 bits per heavy atom. The summed E-state index contributed by atoms with van der Waals surface area (Å²) in [4.78, 5) is 23.4. The van der Waals surface area contributed by atoms with Gasteiger partial charge in [0.25, 0.3) is 0 Å². The van der Waals surface area contributed by atoms with Crippen LogP contribution in [-0.4, -0.2) is 45.7 Å². The predicted octanol–water partition coefficient (Wildman–Crippen LogP) is -0.637. The van der Waals surface area contributed by atoms with Crippen LogP contribution in [0.3, 0.4) is 0 Å². The number of carboxylic acid groups (broad SMARTS) is 1. The topological polar surface area (TPSA) is 77.8 Å². The number of aliphatic hydroxyl groups excluding tert-OH is 1. The zero-order chi connectivity index (χ0) is 10.3. The molecule has 2 aliphatic rings. The van der Waals surface area contributed by atoms with Crippen molar-refractivity contribution in [1.82, 2.24) is 4.90 Å². The number of carbonyl (C=O) groups excluding carboxylic acids is 1. The molecule has 2 aliphatic heterocycles. The maximum absolute atomic E-state index is 11.1. The van der Waals surface area contributed by atoms with Gasteiger partial charge in [0.05, 0.1) is 6.61 Å². The lowest BCUT2D eigenvalue weighted by atomic mass is 10.0. The minimum Gasteiger partial charge on any atom is -0.479 e. The highest BCUT2D eigenvalue weighted by Gasteiger charge is 2.51. The summed E-state index contributed by atoms with van der Waals surface area (Å²) in [7, 11) is 0. The Bertz CT molecular complexity index is 323. The summed E-state index contributed by atoms with van der Waals surface area (Å²) in [6.07, 6.45) is 2.51. The first-order valence-electron chi connectivity index (χ1n) is 4.49. The first kappa shape index (κ1) is 9.21. The van der Waals surface area contributed by atoms with E-state index < -0.39 is 12.0 Å². The molecule has 1 amide bonds. The second kappa shape index (κ2) is 3.09. The van der Waals surface area contributed by atoms with Crippen LogP contribution >= 0.6 is 0 Å². The molecule has 5 nitrogen and oxygen atoms in total. The summed E-state index contributed by atoms with van der Waals surface area (Å²) >= 11 is 0. The third kappa shape index (κ3) is 1.13. The molecule has 2 saturated heterocycles. The summed E-state index contributed by atoms with van der Waals surface area (Å²) in [6, 6.07) is -0.796. The summed E-state index contributed by atoms with van der Waals surface area (Å²) in [5.41, 5.74) is 0.649. The molecular weight excluding hydrogens is 186 g/mol. The Kier molecular flexibility index (Phi) is 2.03. The van der Waals surface area contributed by atoms with Crippen molar-refractivity contribution in [3.05, 3.63) is 11.6 Å². The fourth-order valence-corrected chi connectivity index (χ4v) is 2.17. The highest BCUT2D eigenvalue weighted by Crippen LogP contribution is 2.38. The molecule has 2 rings (SSSR count). The summed E-state index contributed by atoms with van der Waals surface area (Å²) in [6.45, 7) is -0.173. The van der Waals surface area contributed by atoms with E-state index in [0.717, 1.165) is 0 Å². The van der Waals surface area contributed by atoms with E-state index in [9.17, 15) is 9.59 Å². The van der Waals surface area contributed by atoms with Crippen LogP contribution in [0.4, 0.5) is 0 Å². The lowest BCUT2D eigenvalue weighted by molar-refractivity contribution is -0.155. The van der Waals surface area contributed by atoms with Gasteiger partial charge in [0, 0.05) is 12.5 Å². The standard InChI is InChI=1S/C9H11NO4/c11-2-1-5-3-6-4-7(12)10(6)8(5)9(13)14/h1,6,8,11H,2-4H2,(H,13,14)/b5-1+/t6-,8-/m1/s1. The Hall–Kier alpha value is -1.36. The minimum absolute atomic E-state index is 0.0430. The smallest absolute Gasteiger partial charge is 0.330 e. The van der Waals surface area contributed by atoms with E-state index in [1.54, 1.807) is 0 Å². The number of fused-ring (bicyclic) bond motifs is 1. The van der Waals surface area contributed by atoms with Gasteiger partial charge in [0.2, 0.25) is 5.91 Å². The zero-order valence-corrected chi connectivity index (χ0v) is 7.51. The Morgan fingerprint density at radius 2 is 2.29 bits per heavy atom. The van der Waals surface area contributed by atoms with Crippen LogP contribution in [0.1, 0.15) is 12.8 Å². The number of amides is 1. The van der Waals surface area contributed by atoms with Crippen LogP contribution in [-0.2, 0) is 9.59 Å². The van der Waals surface area contributed by atoms with E-state index in [4.69, 9.17) is 10.2 Å². The van der Waals surface area contributed by atoms with Gasteiger partial charge in [-0.1, -0.05) is 6.08 Å². The van der Waals surface area contributed by atoms with Crippen molar-refractivity contribution in [2.75, 3.05) is 6.61 Å². The third-order valence-electron chi connectivity index (χ3n) is 2.78. The van der Waals surface area contributed by atoms with E-state index in [0.29, 0.717) is 18.4 Å². The number of nitrogens with zero attached hydrogens (tertiary/aromatic N) is 1. The van der Waals surface area contributed by atoms with Crippen LogP contribution in [0.25, 0.3) is 0 Å². The highest BCUT2D eigenvalue weighted by molar-refractivity contribution is 5.92. The molecule has 0 saturated carbocycles. The maximum atomic E-state index is 11.1. The fourth-order valence-electron chi connectivity index (χ4n) is 2.17. The molecule has 0 radical (unpaired) electrons. The number of carboxylic acids is 1. The maximum Gasteiger partial charge on any atom is 0.330 e. The number of β-lactam (4-membered cyclic amide) rings is 1. The van der Waals surface area contributed by atoms with Gasteiger partial charge in [-0.25, -0.2) is 4.79 Å². The van der Waals surface area contributed by atoms with Gasteiger partial charge in [0.15, 0.2) is 6.04 Å². The highest BCUT2D eigenvalue weighted by atomic mass is 16.4. The molecule has 14 heavy (non-hydrogen) atoms. The van der Waals surface area contributed by atoms with Crippen LogP contribution in [0, 0.1) is 0 Å². The second-order valence-corrected chi connectivity index (χ2v) is 3.57. The first-order chi connectivity index (χ1) is 6.65. The summed E-state index contributed by atoms with van der Waals surface area (Å²) in [5.74, 6) is -1.12. The summed E-state index contributed by atoms with van der Waals surface area (Å²) in [5, 5.41) is 17.6. The van der Waals surface area contributed by atoms with Crippen LogP contribution < -0.4 is 0 Å². The minimum atomic E-state index is -1.01. The van der Waals surface area contributed by atoms with Gasteiger partial charge in [-0.05, 0) is 12.0 Å². The largest absolute Gasteiger partial charge is 0.479 e. The Balaban J connectivity index is 2.26. The molecule has 0 aromatic carbocycles. The van der Waals surface area contributed by atoms with Crippen molar-refractivity contribution in [3.63, 3.8) is 0 Å². The van der Waals surface area contributed by atoms with E-state index in [-0.39, 0.29) is 18.6 Å². The van der Waals surface area contributed by atoms with Gasteiger partial charge in [0.1, 0.15) is 0 Å². The quantitative estimate of drug-likeness (QED) is 0.456.